The number of fused-ring (bicyclic) bond motifs is 1. The van der Waals surface area contributed by atoms with Crippen LogP contribution in [0.1, 0.15) is 25.8 Å². The second kappa shape index (κ2) is 6.44. The molecular formula is C18H25N3O. The fourth-order valence-corrected chi connectivity index (χ4v) is 2.98. The minimum absolute atomic E-state index is 0.533. The Morgan fingerprint density at radius 1 is 1.36 bits per heavy atom. The van der Waals surface area contributed by atoms with Crippen LogP contribution in [-0.4, -0.2) is 26.7 Å². The molecule has 0 aliphatic carbocycles. The van der Waals surface area contributed by atoms with Gasteiger partial charge in [-0.05, 0) is 30.0 Å². The van der Waals surface area contributed by atoms with E-state index in [1.54, 1.807) is 0 Å². The quantitative estimate of drug-likeness (QED) is 0.897. The van der Waals surface area contributed by atoms with Crippen molar-refractivity contribution < 1.29 is 4.84 Å². The summed E-state index contributed by atoms with van der Waals surface area (Å²) in [6, 6.07) is 6.57. The van der Waals surface area contributed by atoms with E-state index >= 15 is 0 Å². The molecule has 0 saturated carbocycles. The molecule has 0 spiro atoms. The molecule has 4 nitrogen and oxygen atoms in total. The predicted molar refractivity (Wildman–Crippen MR) is 92.8 cm³/mol. The van der Waals surface area contributed by atoms with E-state index in [4.69, 9.17) is 4.84 Å². The first-order valence-corrected chi connectivity index (χ1v) is 8.08. The van der Waals surface area contributed by atoms with E-state index in [0.29, 0.717) is 12.5 Å². The van der Waals surface area contributed by atoms with Crippen molar-refractivity contribution in [1.29, 1.82) is 0 Å². The molecule has 3 rings (SSSR count). The van der Waals surface area contributed by atoms with Crippen LogP contribution in [0.2, 0.25) is 0 Å². The smallest absolute Gasteiger partial charge is 0.0920 e. The molecule has 0 bridgehead atoms. The van der Waals surface area contributed by atoms with Crippen LogP contribution in [0.3, 0.4) is 0 Å². The molecule has 1 atom stereocenters. The molecule has 0 radical (unpaired) electrons. The number of benzene rings is 1. The van der Waals surface area contributed by atoms with Gasteiger partial charge in [-0.15, -0.1) is 0 Å². The number of allylic oxidation sites excluding steroid dienone is 3. The normalized spacial score (nSPS) is 19.1. The molecule has 0 amide bonds. The molecule has 2 aliphatic rings. The summed E-state index contributed by atoms with van der Waals surface area (Å²) in [5, 5.41) is 3.55. The van der Waals surface area contributed by atoms with Gasteiger partial charge in [0.2, 0.25) is 0 Å². The number of anilines is 2. The van der Waals surface area contributed by atoms with Crippen LogP contribution in [-0.2, 0) is 4.84 Å². The number of nitrogens with zero attached hydrogens (tertiary/aromatic N) is 1. The summed E-state index contributed by atoms with van der Waals surface area (Å²) in [6.07, 6.45) is 5.55. The van der Waals surface area contributed by atoms with Crippen LogP contribution < -0.4 is 15.7 Å². The zero-order valence-electron chi connectivity index (χ0n) is 13.6. The van der Waals surface area contributed by atoms with Crippen molar-refractivity contribution in [2.75, 3.05) is 37.1 Å². The van der Waals surface area contributed by atoms with Crippen molar-refractivity contribution in [3.05, 3.63) is 41.6 Å². The summed E-state index contributed by atoms with van der Waals surface area (Å²) in [4.78, 5) is 7.71. The zero-order valence-corrected chi connectivity index (χ0v) is 13.6. The van der Waals surface area contributed by atoms with Crippen molar-refractivity contribution >= 4 is 16.9 Å². The van der Waals surface area contributed by atoms with E-state index in [0.717, 1.165) is 25.2 Å². The Bertz CT molecular complexity index is 606. The third kappa shape index (κ3) is 2.83. The Morgan fingerprint density at radius 3 is 3.05 bits per heavy atom. The van der Waals surface area contributed by atoms with Gasteiger partial charge in [-0.1, -0.05) is 32.1 Å². The third-order valence-electron chi connectivity index (χ3n) is 4.52. The Morgan fingerprint density at radius 2 is 2.23 bits per heavy atom. The summed E-state index contributed by atoms with van der Waals surface area (Å²) in [6.45, 7) is 7.00. The largest absolute Gasteiger partial charge is 0.384 e. The highest BCUT2D eigenvalue weighted by atomic mass is 16.6. The first-order valence-electron chi connectivity index (χ1n) is 8.08. The van der Waals surface area contributed by atoms with Crippen LogP contribution in [0.15, 0.2) is 36.0 Å². The lowest BCUT2D eigenvalue weighted by Crippen LogP contribution is -2.23. The summed E-state index contributed by atoms with van der Waals surface area (Å²) in [7, 11) is 2.10. The van der Waals surface area contributed by atoms with Gasteiger partial charge >= 0.3 is 0 Å². The molecule has 118 valence electrons. The topological polar surface area (TPSA) is 36.5 Å². The molecule has 22 heavy (non-hydrogen) atoms. The number of rotatable bonds is 3. The molecule has 1 unspecified atom stereocenters. The van der Waals surface area contributed by atoms with Crippen molar-refractivity contribution in [2.24, 2.45) is 5.92 Å². The minimum atomic E-state index is 0.533. The Balaban J connectivity index is 2.02. The number of likely N-dealkylation sites (N-methyl/N-ethyl adjacent to an activating group) is 1. The van der Waals surface area contributed by atoms with E-state index in [1.165, 1.54) is 22.5 Å². The Kier molecular flexibility index (Phi) is 4.39. The Labute approximate surface area is 132 Å². The lowest BCUT2D eigenvalue weighted by molar-refractivity contribution is 0.206. The second-order valence-corrected chi connectivity index (χ2v) is 6.02. The van der Waals surface area contributed by atoms with Crippen LogP contribution >= 0.6 is 0 Å². The number of nitrogens with one attached hydrogen (secondary N) is 2. The maximum atomic E-state index is 5.49. The highest BCUT2D eigenvalue weighted by molar-refractivity contribution is 5.82. The molecule has 4 heteroatoms. The fraction of sp³-hybridized carbons (Fsp3) is 0.444. The van der Waals surface area contributed by atoms with Gasteiger partial charge in [-0.2, -0.15) is 0 Å². The van der Waals surface area contributed by atoms with Crippen LogP contribution in [0.4, 0.5) is 11.4 Å². The van der Waals surface area contributed by atoms with Crippen molar-refractivity contribution in [3.8, 4) is 0 Å². The molecule has 0 aromatic heterocycles. The summed E-state index contributed by atoms with van der Waals surface area (Å²) in [5.74, 6) is 0.533. The lowest BCUT2D eigenvalue weighted by Gasteiger charge is -2.24. The van der Waals surface area contributed by atoms with Crippen molar-refractivity contribution in [3.63, 3.8) is 0 Å². The third-order valence-corrected chi connectivity index (χ3v) is 4.52. The fourth-order valence-electron chi connectivity index (χ4n) is 2.98. The van der Waals surface area contributed by atoms with E-state index in [-0.39, 0.29) is 0 Å². The highest BCUT2D eigenvalue weighted by Gasteiger charge is 2.18. The van der Waals surface area contributed by atoms with Gasteiger partial charge in [0.25, 0.3) is 0 Å². The van der Waals surface area contributed by atoms with Gasteiger partial charge in [0.05, 0.1) is 18.0 Å². The van der Waals surface area contributed by atoms with E-state index in [1.807, 2.05) is 0 Å². The van der Waals surface area contributed by atoms with Gasteiger partial charge in [0, 0.05) is 31.4 Å². The molecule has 1 aromatic rings. The standard InChI is InChI=1S/C18H25N3O/c1-4-13(2)18-15(6-5-9-19-18)14-7-8-17-16(12-14)20-22-11-10-21(17)3/h5-8,12-13,19-20H,4,9-11H2,1-3H3. The molecule has 2 N–H and O–H groups in total. The first-order chi connectivity index (χ1) is 10.7. The number of dihydropyridines is 1. The average Bonchev–Trinajstić information content (AvgIpc) is 2.75. The number of hydrogen-bond donors (Lipinski definition) is 2. The zero-order chi connectivity index (χ0) is 15.5. The minimum Gasteiger partial charge on any atom is -0.384 e. The predicted octanol–water partition coefficient (Wildman–Crippen LogP) is 3.40. The van der Waals surface area contributed by atoms with Crippen LogP contribution in [0, 0.1) is 5.92 Å². The first kappa shape index (κ1) is 15.0. The van der Waals surface area contributed by atoms with Gasteiger partial charge in [-0.3, -0.25) is 10.3 Å². The monoisotopic (exact) mass is 299 g/mol. The molecular weight excluding hydrogens is 274 g/mol. The Hall–Kier alpha value is -1.94. The van der Waals surface area contributed by atoms with Crippen molar-refractivity contribution in [1.82, 2.24) is 5.32 Å². The van der Waals surface area contributed by atoms with Gasteiger partial charge in [0.15, 0.2) is 0 Å². The van der Waals surface area contributed by atoms with E-state index < -0.39 is 0 Å². The lowest BCUT2D eigenvalue weighted by atomic mass is 9.92. The molecule has 0 saturated heterocycles. The van der Waals surface area contributed by atoms with Gasteiger partial charge in [-0.25, -0.2) is 0 Å². The molecule has 2 heterocycles. The van der Waals surface area contributed by atoms with Gasteiger partial charge in [0.1, 0.15) is 0 Å². The maximum Gasteiger partial charge on any atom is 0.0920 e. The van der Waals surface area contributed by atoms with Gasteiger partial charge < -0.3 is 10.2 Å². The summed E-state index contributed by atoms with van der Waals surface area (Å²) in [5.41, 5.74) is 9.15. The molecule has 2 aliphatic heterocycles. The summed E-state index contributed by atoms with van der Waals surface area (Å²) >= 11 is 0. The summed E-state index contributed by atoms with van der Waals surface area (Å²) < 4.78 is 0. The molecule has 1 aromatic carbocycles. The molecule has 0 fully saturated rings. The maximum absolute atomic E-state index is 5.49. The number of hydrogen-bond acceptors (Lipinski definition) is 4. The van der Waals surface area contributed by atoms with E-state index in [9.17, 15) is 0 Å². The van der Waals surface area contributed by atoms with Crippen molar-refractivity contribution in [2.45, 2.75) is 20.3 Å². The van der Waals surface area contributed by atoms with Crippen LogP contribution in [0.5, 0.6) is 0 Å². The SMILES string of the molecule is CCC(C)C1=C(c2ccc3c(c2)NOCCN3C)C=CCN1. The second-order valence-electron chi connectivity index (χ2n) is 6.02. The average molecular weight is 299 g/mol. The van der Waals surface area contributed by atoms with Crippen LogP contribution in [0.25, 0.3) is 5.57 Å². The van der Waals surface area contributed by atoms with E-state index in [2.05, 4.69) is 66.9 Å². The highest BCUT2D eigenvalue weighted by Crippen LogP contribution is 2.33.